The van der Waals surface area contributed by atoms with E-state index in [1.807, 2.05) is 43.3 Å². The third kappa shape index (κ3) is 4.89. The van der Waals surface area contributed by atoms with Gasteiger partial charge in [-0.05, 0) is 34.9 Å². The Morgan fingerprint density at radius 3 is 2.00 bits per heavy atom. The van der Waals surface area contributed by atoms with E-state index in [9.17, 15) is 9.36 Å². The normalized spacial score (nSPS) is 12.8. The van der Waals surface area contributed by atoms with Gasteiger partial charge < -0.3 is 0 Å². The van der Waals surface area contributed by atoms with Crippen molar-refractivity contribution < 1.29 is 9.36 Å². The Hall–Kier alpha value is -1.79. The van der Waals surface area contributed by atoms with Gasteiger partial charge in [0.1, 0.15) is 7.80 Å². The molecule has 2 aromatic carbocycles. The molecule has 139 valence electrons. The molecule has 0 aliphatic heterocycles. The van der Waals surface area contributed by atoms with E-state index in [0.717, 1.165) is 5.56 Å². The molecule has 1 radical (unpaired) electrons. The van der Waals surface area contributed by atoms with Gasteiger partial charge in [0.05, 0.1) is 0 Å². The second kappa shape index (κ2) is 7.45. The van der Waals surface area contributed by atoms with Crippen LogP contribution in [0.2, 0.25) is 0 Å². The quantitative estimate of drug-likeness (QED) is 0.488. The minimum absolute atomic E-state index is 0.0477. The Morgan fingerprint density at radius 1 is 0.923 bits per heavy atom. The maximum atomic E-state index is 13.1. The van der Waals surface area contributed by atoms with Gasteiger partial charge in [-0.2, -0.15) is 0 Å². The van der Waals surface area contributed by atoms with Gasteiger partial charge >= 0.3 is 0 Å². The lowest BCUT2D eigenvalue weighted by molar-refractivity contribution is 0.103. The van der Waals surface area contributed by atoms with Crippen LogP contribution in [0.15, 0.2) is 42.5 Å². The summed E-state index contributed by atoms with van der Waals surface area (Å²) in [5.41, 5.74) is 3.32. The molecule has 0 saturated heterocycles. The van der Waals surface area contributed by atoms with Crippen molar-refractivity contribution in [1.29, 1.82) is 0 Å². The Kier molecular flexibility index (Phi) is 5.88. The first kappa shape index (κ1) is 20.5. The van der Waals surface area contributed by atoms with Crippen LogP contribution >= 0.6 is 7.80 Å². The predicted octanol–water partition coefficient (Wildman–Crippen LogP) is 6.02. The molecule has 0 amide bonds. The van der Waals surface area contributed by atoms with E-state index in [0.29, 0.717) is 22.6 Å². The average molecular weight is 369 g/mol. The summed E-state index contributed by atoms with van der Waals surface area (Å²) in [6, 6.07) is 13.4. The van der Waals surface area contributed by atoms with Gasteiger partial charge in [0.2, 0.25) is 0 Å². The molecule has 0 spiro atoms. The number of rotatable bonds is 4. The lowest BCUT2D eigenvalue weighted by atomic mass is 9.86. The first-order chi connectivity index (χ1) is 11.9. The summed E-state index contributed by atoms with van der Waals surface area (Å²) in [6.45, 7) is 14.6. The molecule has 2 aromatic rings. The molecular formula is C23H30O2P. The first-order valence-corrected chi connectivity index (χ1v) is 10.5. The van der Waals surface area contributed by atoms with E-state index >= 15 is 0 Å². The number of ketones is 1. The zero-order valence-electron chi connectivity index (χ0n) is 17.0. The number of hydrogen-bond acceptors (Lipinski definition) is 2. The molecule has 0 N–H and O–H groups in total. The van der Waals surface area contributed by atoms with Crippen LogP contribution in [-0.2, 0) is 9.98 Å². The van der Waals surface area contributed by atoms with Gasteiger partial charge in [-0.3, -0.25) is 9.36 Å². The fourth-order valence-corrected chi connectivity index (χ4v) is 4.89. The average Bonchev–Trinajstić information content (AvgIpc) is 2.51. The second-order valence-electron chi connectivity index (χ2n) is 9.22. The van der Waals surface area contributed by atoms with Crippen molar-refractivity contribution in [2.75, 3.05) is 6.16 Å². The topological polar surface area (TPSA) is 34.1 Å². The number of aryl methyl sites for hydroxylation is 1. The molecule has 3 heteroatoms. The third-order valence-electron chi connectivity index (χ3n) is 4.36. The minimum Gasteiger partial charge on any atom is -0.289 e. The van der Waals surface area contributed by atoms with Crippen LogP contribution in [0.4, 0.5) is 0 Å². The summed E-state index contributed by atoms with van der Waals surface area (Å²) < 4.78 is 13.0. The van der Waals surface area contributed by atoms with Crippen molar-refractivity contribution in [3.05, 3.63) is 64.7 Å². The Bertz CT molecular complexity index is 819. The lowest BCUT2D eigenvalue weighted by Crippen LogP contribution is -2.20. The molecule has 1 unspecified atom stereocenters. The van der Waals surface area contributed by atoms with E-state index in [4.69, 9.17) is 0 Å². The Morgan fingerprint density at radius 2 is 1.50 bits per heavy atom. The number of benzene rings is 2. The molecule has 2 nitrogen and oxygen atoms in total. The zero-order chi connectivity index (χ0) is 19.7. The number of carbonyl (C=O) groups is 1. The highest BCUT2D eigenvalue weighted by Crippen LogP contribution is 2.33. The molecule has 26 heavy (non-hydrogen) atoms. The maximum absolute atomic E-state index is 13.1. The molecule has 0 aromatic heterocycles. The molecule has 0 bridgehead atoms. The highest BCUT2D eigenvalue weighted by Gasteiger charge is 2.24. The van der Waals surface area contributed by atoms with E-state index in [1.54, 1.807) is 6.07 Å². The van der Waals surface area contributed by atoms with Gasteiger partial charge in [-0.15, -0.1) is 0 Å². The number of carbonyl (C=O) groups excluding carboxylic acids is 1. The maximum Gasteiger partial charge on any atom is 0.194 e. The molecule has 0 aliphatic carbocycles. The SMILES string of the molecule is Cc1cccc(C(=O)c2ccc(C(C)(C)C)cc2)c1[P](=O)CC(C)(C)C. The fourth-order valence-electron chi connectivity index (χ4n) is 2.96. The van der Waals surface area contributed by atoms with Crippen LogP contribution in [-0.4, -0.2) is 11.9 Å². The summed E-state index contributed by atoms with van der Waals surface area (Å²) in [7, 11) is -1.62. The molecule has 0 heterocycles. The molecule has 0 fully saturated rings. The lowest BCUT2D eigenvalue weighted by Gasteiger charge is -2.20. The van der Waals surface area contributed by atoms with Crippen LogP contribution < -0.4 is 5.30 Å². The van der Waals surface area contributed by atoms with Gasteiger partial charge in [-0.1, -0.05) is 77.9 Å². The summed E-state index contributed by atoms with van der Waals surface area (Å²) >= 11 is 0. The third-order valence-corrected chi connectivity index (χ3v) is 6.69. The van der Waals surface area contributed by atoms with Crippen molar-refractivity contribution in [1.82, 2.24) is 0 Å². The molecule has 0 aliphatic rings. The highest BCUT2D eigenvalue weighted by atomic mass is 31.1. The van der Waals surface area contributed by atoms with Gasteiger partial charge in [0.25, 0.3) is 0 Å². The van der Waals surface area contributed by atoms with Gasteiger partial charge in [0, 0.05) is 22.6 Å². The highest BCUT2D eigenvalue weighted by molar-refractivity contribution is 7.53. The zero-order valence-corrected chi connectivity index (χ0v) is 17.9. The van der Waals surface area contributed by atoms with Crippen molar-refractivity contribution in [3.8, 4) is 0 Å². The predicted molar refractivity (Wildman–Crippen MR) is 111 cm³/mol. The van der Waals surface area contributed by atoms with Crippen LogP contribution in [0, 0.1) is 12.3 Å². The largest absolute Gasteiger partial charge is 0.289 e. The second-order valence-corrected chi connectivity index (χ2v) is 10.7. The summed E-state index contributed by atoms with van der Waals surface area (Å²) in [5, 5.41) is 0.710. The molecular weight excluding hydrogens is 339 g/mol. The van der Waals surface area contributed by atoms with E-state index in [1.165, 1.54) is 5.56 Å². The van der Waals surface area contributed by atoms with Crippen molar-refractivity contribution in [2.45, 2.75) is 53.9 Å². The number of hydrogen-bond donors (Lipinski definition) is 0. The molecule has 0 saturated carbocycles. The van der Waals surface area contributed by atoms with Crippen LogP contribution in [0.25, 0.3) is 0 Å². The van der Waals surface area contributed by atoms with E-state index < -0.39 is 7.80 Å². The van der Waals surface area contributed by atoms with Crippen LogP contribution in [0.3, 0.4) is 0 Å². The Balaban J connectivity index is 2.44. The Labute approximate surface area is 158 Å². The smallest absolute Gasteiger partial charge is 0.194 e. The standard InChI is InChI=1S/C23H30O2P/c1-16-9-8-10-19(21(16)26(25)15-22(2,3)4)20(24)17-11-13-18(14-12-17)23(5,6)7/h8-14H,15H2,1-7H3. The van der Waals surface area contributed by atoms with Crippen LogP contribution in [0.1, 0.15) is 68.6 Å². The van der Waals surface area contributed by atoms with E-state index in [-0.39, 0.29) is 16.6 Å². The van der Waals surface area contributed by atoms with Crippen molar-refractivity contribution >= 4 is 18.9 Å². The van der Waals surface area contributed by atoms with Crippen molar-refractivity contribution in [3.63, 3.8) is 0 Å². The summed E-state index contributed by atoms with van der Waals surface area (Å²) in [5.74, 6) is -0.0542. The molecule has 1 atom stereocenters. The minimum atomic E-state index is -1.62. The molecule has 2 rings (SSSR count). The fraction of sp³-hybridized carbons (Fsp3) is 0.435. The van der Waals surface area contributed by atoms with E-state index in [2.05, 4.69) is 41.5 Å². The summed E-state index contributed by atoms with van der Waals surface area (Å²) in [4.78, 5) is 13.1. The van der Waals surface area contributed by atoms with Gasteiger partial charge in [-0.25, -0.2) is 0 Å². The monoisotopic (exact) mass is 369 g/mol. The first-order valence-electron chi connectivity index (χ1n) is 9.10. The van der Waals surface area contributed by atoms with Gasteiger partial charge in [0.15, 0.2) is 5.78 Å². The van der Waals surface area contributed by atoms with Crippen molar-refractivity contribution in [2.24, 2.45) is 5.41 Å². The van der Waals surface area contributed by atoms with Crippen LogP contribution in [0.5, 0.6) is 0 Å². The summed E-state index contributed by atoms with van der Waals surface area (Å²) in [6.07, 6.45) is 0.566.